The molecule has 0 saturated heterocycles. The normalized spacial score (nSPS) is 11.2. The summed E-state index contributed by atoms with van der Waals surface area (Å²) in [6, 6.07) is 0. The highest BCUT2D eigenvalue weighted by Crippen LogP contribution is 2.10. The van der Waals surface area contributed by atoms with E-state index in [1.807, 2.05) is 4.98 Å². The second kappa shape index (κ2) is 4.93. The topological polar surface area (TPSA) is 138 Å². The molecule has 9 nitrogen and oxygen atoms in total. The monoisotopic (exact) mass is 347 g/mol. The molecule has 0 fully saturated rings. The largest absolute Gasteiger partial charge is 0.325 e. The van der Waals surface area contributed by atoms with Gasteiger partial charge in [0.05, 0.1) is 12.4 Å². The van der Waals surface area contributed by atoms with Crippen molar-refractivity contribution in [1.29, 1.82) is 0 Å². The average Bonchev–Trinajstić information content (AvgIpc) is 2.31. The molecule has 0 saturated carbocycles. The van der Waals surface area contributed by atoms with E-state index >= 15 is 0 Å². The van der Waals surface area contributed by atoms with Gasteiger partial charge in [-0.1, -0.05) is 0 Å². The number of aromatic nitrogens is 4. The SMILES string of the molecule is O=c1[nH]cc(S(=O)(=O)Nc2cnc(Br)cn2)c(=O)[nH]1. The minimum atomic E-state index is -4.16. The molecule has 2 heterocycles. The fraction of sp³-hybridized carbons (Fsp3) is 0. The first-order valence-electron chi connectivity index (χ1n) is 4.71. The molecule has 0 radical (unpaired) electrons. The lowest BCUT2D eigenvalue weighted by atomic mass is 10.7. The quantitative estimate of drug-likeness (QED) is 0.678. The van der Waals surface area contributed by atoms with Crippen LogP contribution in [0.5, 0.6) is 0 Å². The summed E-state index contributed by atoms with van der Waals surface area (Å²) in [6.07, 6.45) is 3.26. The van der Waals surface area contributed by atoms with E-state index in [-0.39, 0.29) is 5.82 Å². The molecular formula is C8H6BrN5O4S. The van der Waals surface area contributed by atoms with Crippen molar-refractivity contribution in [2.24, 2.45) is 0 Å². The first-order chi connectivity index (χ1) is 8.88. The van der Waals surface area contributed by atoms with Crippen LogP contribution in [0.15, 0.2) is 37.7 Å². The molecule has 0 bridgehead atoms. The third-order valence-corrected chi connectivity index (χ3v) is 3.70. The zero-order valence-corrected chi connectivity index (χ0v) is 11.4. The Morgan fingerprint density at radius 3 is 2.53 bits per heavy atom. The first-order valence-corrected chi connectivity index (χ1v) is 6.98. The first kappa shape index (κ1) is 13.4. The van der Waals surface area contributed by atoms with E-state index in [1.54, 1.807) is 0 Å². The molecule has 2 aromatic rings. The van der Waals surface area contributed by atoms with Crippen molar-refractivity contribution in [1.82, 2.24) is 19.9 Å². The van der Waals surface area contributed by atoms with Crippen LogP contribution in [0.1, 0.15) is 0 Å². The molecule has 0 atom stereocenters. The molecule has 3 N–H and O–H groups in total. The Balaban J connectivity index is 2.40. The highest BCUT2D eigenvalue weighted by Gasteiger charge is 2.19. The molecule has 0 aliphatic heterocycles. The predicted molar refractivity (Wildman–Crippen MR) is 68.2 cm³/mol. The molecule has 0 unspecified atom stereocenters. The number of halogens is 1. The summed E-state index contributed by atoms with van der Waals surface area (Å²) in [5, 5.41) is 0. The van der Waals surface area contributed by atoms with E-state index in [9.17, 15) is 18.0 Å². The van der Waals surface area contributed by atoms with Crippen LogP contribution in [-0.2, 0) is 10.0 Å². The number of anilines is 1. The molecule has 2 rings (SSSR count). The second-order valence-corrected chi connectivity index (χ2v) is 5.73. The maximum atomic E-state index is 11.9. The Morgan fingerprint density at radius 1 is 1.21 bits per heavy atom. The maximum absolute atomic E-state index is 11.9. The van der Waals surface area contributed by atoms with Crippen molar-refractivity contribution in [2.45, 2.75) is 4.90 Å². The minimum absolute atomic E-state index is 0.0613. The van der Waals surface area contributed by atoms with Crippen LogP contribution in [0.3, 0.4) is 0 Å². The molecular weight excluding hydrogens is 342 g/mol. The van der Waals surface area contributed by atoms with Gasteiger partial charge >= 0.3 is 5.69 Å². The van der Waals surface area contributed by atoms with E-state index in [0.717, 1.165) is 6.20 Å². The molecule has 19 heavy (non-hydrogen) atoms. The van der Waals surface area contributed by atoms with Crippen LogP contribution in [0.25, 0.3) is 0 Å². The van der Waals surface area contributed by atoms with E-state index in [4.69, 9.17) is 0 Å². The van der Waals surface area contributed by atoms with Crippen molar-refractivity contribution in [2.75, 3.05) is 4.72 Å². The Labute approximate surface area is 114 Å². The summed E-state index contributed by atoms with van der Waals surface area (Å²) in [6.45, 7) is 0. The lowest BCUT2D eigenvalue weighted by Gasteiger charge is -2.05. The summed E-state index contributed by atoms with van der Waals surface area (Å²) >= 11 is 3.04. The van der Waals surface area contributed by atoms with Crippen LogP contribution in [0.4, 0.5) is 5.82 Å². The Bertz CT molecular complexity index is 810. The predicted octanol–water partition coefficient (Wildman–Crippen LogP) is -0.584. The summed E-state index contributed by atoms with van der Waals surface area (Å²) in [4.78, 5) is 33.0. The van der Waals surface area contributed by atoms with Crippen LogP contribution >= 0.6 is 15.9 Å². The molecule has 0 aromatic carbocycles. The Hall–Kier alpha value is -2.01. The average molecular weight is 348 g/mol. The van der Waals surface area contributed by atoms with Crippen LogP contribution < -0.4 is 16.0 Å². The van der Waals surface area contributed by atoms with Gasteiger partial charge in [-0.25, -0.2) is 23.2 Å². The third kappa shape index (κ3) is 3.06. The molecule has 100 valence electrons. The van der Waals surface area contributed by atoms with Gasteiger partial charge in [0.2, 0.25) is 0 Å². The van der Waals surface area contributed by atoms with Crippen molar-refractivity contribution < 1.29 is 8.42 Å². The lowest BCUT2D eigenvalue weighted by molar-refractivity contribution is 0.598. The summed E-state index contributed by atoms with van der Waals surface area (Å²) in [5.74, 6) is -0.0613. The smallest absolute Gasteiger partial charge is 0.313 e. The van der Waals surface area contributed by atoms with Gasteiger partial charge in [-0.2, -0.15) is 0 Å². The van der Waals surface area contributed by atoms with Crippen LogP contribution in [-0.4, -0.2) is 28.4 Å². The Kier molecular flexibility index (Phi) is 3.48. The highest BCUT2D eigenvalue weighted by molar-refractivity contribution is 9.10. The minimum Gasteiger partial charge on any atom is -0.313 e. The van der Waals surface area contributed by atoms with E-state index in [2.05, 4.69) is 35.6 Å². The number of rotatable bonds is 3. The number of nitrogens with one attached hydrogen (secondary N) is 3. The number of sulfonamides is 1. The van der Waals surface area contributed by atoms with Gasteiger partial charge in [-0.05, 0) is 15.9 Å². The van der Waals surface area contributed by atoms with Gasteiger partial charge < -0.3 is 4.98 Å². The van der Waals surface area contributed by atoms with Crippen LogP contribution in [0.2, 0.25) is 0 Å². The number of nitrogens with zero attached hydrogens (tertiary/aromatic N) is 2. The number of aromatic amines is 2. The number of hydrogen-bond donors (Lipinski definition) is 3. The molecule has 0 spiro atoms. The fourth-order valence-corrected chi connectivity index (χ4v) is 2.36. The zero-order valence-electron chi connectivity index (χ0n) is 9.05. The summed E-state index contributed by atoms with van der Waals surface area (Å²) in [7, 11) is -4.16. The van der Waals surface area contributed by atoms with Gasteiger partial charge in [0.25, 0.3) is 15.6 Å². The second-order valence-electron chi connectivity index (χ2n) is 3.27. The van der Waals surface area contributed by atoms with Crippen molar-refractivity contribution >= 4 is 31.8 Å². The fourth-order valence-electron chi connectivity index (χ4n) is 1.15. The molecule has 0 aliphatic carbocycles. The standard InChI is InChI=1S/C8H6BrN5O4S/c9-5-2-11-6(3-10-5)14-19(17,18)4-1-12-8(16)13-7(4)15/h1-3H,(H,11,14)(H2,12,13,15,16). The van der Waals surface area contributed by atoms with Crippen molar-refractivity contribution in [3.8, 4) is 0 Å². The summed E-state index contributed by atoms with van der Waals surface area (Å²) in [5.41, 5.74) is -1.83. The maximum Gasteiger partial charge on any atom is 0.325 e. The molecule has 11 heteroatoms. The van der Waals surface area contributed by atoms with Crippen LogP contribution in [0, 0.1) is 0 Å². The van der Waals surface area contributed by atoms with Gasteiger partial charge in [-0.15, -0.1) is 0 Å². The highest BCUT2D eigenvalue weighted by atomic mass is 79.9. The van der Waals surface area contributed by atoms with Gasteiger partial charge in [-0.3, -0.25) is 14.5 Å². The third-order valence-electron chi connectivity index (χ3n) is 1.93. The number of hydrogen-bond acceptors (Lipinski definition) is 6. The summed E-state index contributed by atoms with van der Waals surface area (Å²) < 4.78 is 26.3. The van der Waals surface area contributed by atoms with Gasteiger partial charge in [0.15, 0.2) is 10.7 Å². The van der Waals surface area contributed by atoms with Gasteiger partial charge in [0.1, 0.15) is 4.60 Å². The van der Waals surface area contributed by atoms with E-state index < -0.39 is 26.2 Å². The van der Waals surface area contributed by atoms with E-state index in [1.165, 1.54) is 12.4 Å². The van der Waals surface area contributed by atoms with E-state index in [0.29, 0.717) is 4.60 Å². The molecule has 2 aromatic heterocycles. The van der Waals surface area contributed by atoms with Crippen molar-refractivity contribution in [3.05, 3.63) is 44.0 Å². The Morgan fingerprint density at radius 2 is 1.95 bits per heavy atom. The molecule has 0 amide bonds. The zero-order chi connectivity index (χ0) is 14.0. The lowest BCUT2D eigenvalue weighted by Crippen LogP contribution is -2.29. The molecule has 0 aliphatic rings. The number of H-pyrrole nitrogens is 2. The van der Waals surface area contributed by atoms with Gasteiger partial charge in [0, 0.05) is 6.20 Å². The van der Waals surface area contributed by atoms with Crippen molar-refractivity contribution in [3.63, 3.8) is 0 Å².